The van der Waals surface area contributed by atoms with Crippen LogP contribution in [-0.2, 0) is 11.3 Å². The normalized spacial score (nSPS) is 19.9. The zero-order valence-electron chi connectivity index (χ0n) is 8.82. The van der Waals surface area contributed by atoms with Crippen molar-refractivity contribution >= 4 is 5.91 Å². The van der Waals surface area contributed by atoms with Gasteiger partial charge in [-0.3, -0.25) is 4.79 Å². The van der Waals surface area contributed by atoms with Crippen LogP contribution >= 0.6 is 0 Å². The van der Waals surface area contributed by atoms with Crippen molar-refractivity contribution in [2.75, 3.05) is 6.54 Å². The maximum absolute atomic E-state index is 13.4. The molecule has 1 amide bonds. The van der Waals surface area contributed by atoms with E-state index >= 15 is 0 Å². The molecule has 1 aromatic carbocycles. The summed E-state index contributed by atoms with van der Waals surface area (Å²) in [4.78, 5) is 13.2. The van der Waals surface area contributed by atoms with Gasteiger partial charge in [-0.1, -0.05) is 18.2 Å². The molecule has 2 nitrogen and oxygen atoms in total. The number of hydrogen-bond donors (Lipinski definition) is 0. The molecule has 0 bridgehead atoms. The van der Waals surface area contributed by atoms with Gasteiger partial charge in [0.25, 0.3) is 0 Å². The Morgan fingerprint density at radius 3 is 2.88 bits per heavy atom. The van der Waals surface area contributed by atoms with Gasteiger partial charge in [-0.25, -0.2) is 4.39 Å². The van der Waals surface area contributed by atoms with Gasteiger partial charge in [-0.05, 0) is 6.07 Å². The minimum atomic E-state index is -0.278. The molecule has 0 saturated carbocycles. The van der Waals surface area contributed by atoms with E-state index in [1.165, 1.54) is 6.07 Å². The fourth-order valence-corrected chi connectivity index (χ4v) is 1.87. The first-order chi connectivity index (χ1) is 7.70. The second kappa shape index (κ2) is 4.36. The third kappa shape index (κ3) is 2.06. The Kier molecular flexibility index (Phi) is 2.91. The summed E-state index contributed by atoms with van der Waals surface area (Å²) in [6.45, 7) is 0.841. The molecule has 1 fully saturated rings. The van der Waals surface area contributed by atoms with Gasteiger partial charge < -0.3 is 4.90 Å². The van der Waals surface area contributed by atoms with Crippen molar-refractivity contribution in [3.8, 4) is 12.3 Å². The van der Waals surface area contributed by atoms with Gasteiger partial charge in [-0.15, -0.1) is 12.3 Å². The van der Waals surface area contributed by atoms with Gasteiger partial charge >= 0.3 is 0 Å². The number of carbonyl (C=O) groups excluding carboxylic acids is 1. The average Bonchev–Trinajstić information content (AvgIpc) is 2.63. The van der Waals surface area contributed by atoms with Crippen LogP contribution in [0.25, 0.3) is 0 Å². The maximum Gasteiger partial charge on any atom is 0.224 e. The van der Waals surface area contributed by atoms with Crippen LogP contribution in [0, 0.1) is 24.1 Å². The van der Waals surface area contributed by atoms with E-state index in [4.69, 9.17) is 6.42 Å². The Bertz CT molecular complexity index is 449. The molecule has 82 valence electrons. The Morgan fingerprint density at radius 2 is 2.25 bits per heavy atom. The number of rotatable bonds is 2. The van der Waals surface area contributed by atoms with E-state index in [9.17, 15) is 9.18 Å². The van der Waals surface area contributed by atoms with Crippen LogP contribution in [0.5, 0.6) is 0 Å². The predicted octanol–water partition coefficient (Wildman–Crippen LogP) is 1.81. The highest BCUT2D eigenvalue weighted by Crippen LogP contribution is 2.20. The molecule has 0 spiro atoms. The highest BCUT2D eigenvalue weighted by Gasteiger charge is 2.28. The molecule has 1 unspecified atom stereocenters. The lowest BCUT2D eigenvalue weighted by Crippen LogP contribution is -2.24. The standard InChI is InChI=1S/C13H12FNO/c1-2-10-7-13(16)15(8-10)9-11-5-3-4-6-12(11)14/h1,3-6,10H,7-9H2. The van der Waals surface area contributed by atoms with E-state index in [1.54, 1.807) is 23.1 Å². The van der Waals surface area contributed by atoms with Crippen LogP contribution in [0.3, 0.4) is 0 Å². The zero-order chi connectivity index (χ0) is 11.5. The highest BCUT2D eigenvalue weighted by atomic mass is 19.1. The second-order valence-electron chi connectivity index (χ2n) is 3.93. The van der Waals surface area contributed by atoms with Crippen molar-refractivity contribution in [1.82, 2.24) is 4.90 Å². The third-order valence-electron chi connectivity index (χ3n) is 2.77. The summed E-state index contributed by atoms with van der Waals surface area (Å²) >= 11 is 0. The SMILES string of the molecule is C#CC1CC(=O)N(Cc2ccccc2F)C1. The molecular weight excluding hydrogens is 205 g/mol. The first-order valence-electron chi connectivity index (χ1n) is 5.18. The molecule has 0 N–H and O–H groups in total. The molecule has 3 heteroatoms. The quantitative estimate of drug-likeness (QED) is 0.692. The largest absolute Gasteiger partial charge is 0.337 e. The topological polar surface area (TPSA) is 20.3 Å². The maximum atomic E-state index is 13.4. The number of carbonyl (C=O) groups is 1. The molecule has 1 atom stereocenters. The van der Waals surface area contributed by atoms with E-state index in [1.807, 2.05) is 0 Å². The Hall–Kier alpha value is -1.82. The summed E-state index contributed by atoms with van der Waals surface area (Å²) < 4.78 is 13.4. The van der Waals surface area contributed by atoms with Crippen LogP contribution in [0.15, 0.2) is 24.3 Å². The van der Waals surface area contributed by atoms with E-state index < -0.39 is 0 Å². The second-order valence-corrected chi connectivity index (χ2v) is 3.93. The zero-order valence-corrected chi connectivity index (χ0v) is 8.82. The Balaban J connectivity index is 2.09. The van der Waals surface area contributed by atoms with Gasteiger partial charge in [0.05, 0.1) is 0 Å². The summed E-state index contributed by atoms with van der Waals surface area (Å²) in [5.41, 5.74) is 0.536. The lowest BCUT2D eigenvalue weighted by molar-refractivity contribution is -0.128. The third-order valence-corrected chi connectivity index (χ3v) is 2.77. The van der Waals surface area contributed by atoms with Crippen molar-refractivity contribution in [3.05, 3.63) is 35.6 Å². The molecule has 0 aromatic heterocycles. The summed E-state index contributed by atoms with van der Waals surface area (Å²) in [7, 11) is 0. The number of amides is 1. The number of benzene rings is 1. The predicted molar refractivity (Wildman–Crippen MR) is 58.8 cm³/mol. The van der Waals surface area contributed by atoms with Crippen LogP contribution in [-0.4, -0.2) is 17.4 Å². The van der Waals surface area contributed by atoms with Crippen molar-refractivity contribution in [2.45, 2.75) is 13.0 Å². The van der Waals surface area contributed by atoms with Gasteiger partial charge in [0.2, 0.25) is 5.91 Å². The van der Waals surface area contributed by atoms with Crippen LogP contribution in [0.1, 0.15) is 12.0 Å². The number of hydrogen-bond acceptors (Lipinski definition) is 1. The first-order valence-corrected chi connectivity index (χ1v) is 5.18. The van der Waals surface area contributed by atoms with E-state index in [2.05, 4.69) is 5.92 Å². The van der Waals surface area contributed by atoms with Crippen molar-refractivity contribution in [2.24, 2.45) is 5.92 Å². The Labute approximate surface area is 94.1 Å². The fourth-order valence-electron chi connectivity index (χ4n) is 1.87. The summed E-state index contributed by atoms with van der Waals surface area (Å²) in [5, 5.41) is 0. The molecular formula is C13H12FNO. The summed E-state index contributed by atoms with van der Waals surface area (Å²) in [6, 6.07) is 6.48. The highest BCUT2D eigenvalue weighted by molar-refractivity contribution is 5.79. The average molecular weight is 217 g/mol. The molecule has 0 aliphatic carbocycles. The summed E-state index contributed by atoms with van der Waals surface area (Å²) in [6.07, 6.45) is 5.66. The van der Waals surface area contributed by atoms with Gasteiger partial charge in [0.15, 0.2) is 0 Å². The number of likely N-dealkylation sites (tertiary alicyclic amines) is 1. The number of nitrogens with zero attached hydrogens (tertiary/aromatic N) is 1. The van der Waals surface area contributed by atoms with Crippen molar-refractivity contribution in [1.29, 1.82) is 0 Å². The van der Waals surface area contributed by atoms with Crippen molar-refractivity contribution in [3.63, 3.8) is 0 Å². The van der Waals surface area contributed by atoms with Crippen LogP contribution < -0.4 is 0 Å². The van der Waals surface area contributed by atoms with Gasteiger partial charge in [0, 0.05) is 31.0 Å². The molecule has 2 rings (SSSR count). The van der Waals surface area contributed by atoms with Crippen LogP contribution in [0.2, 0.25) is 0 Å². The first kappa shape index (κ1) is 10.7. The molecule has 16 heavy (non-hydrogen) atoms. The van der Waals surface area contributed by atoms with E-state index in [0.717, 1.165) is 0 Å². The fraction of sp³-hybridized carbons (Fsp3) is 0.308. The van der Waals surface area contributed by atoms with Gasteiger partial charge in [0.1, 0.15) is 5.82 Å². The molecule has 1 heterocycles. The minimum Gasteiger partial charge on any atom is -0.337 e. The summed E-state index contributed by atoms with van der Waals surface area (Å²) in [5.74, 6) is 2.27. The smallest absolute Gasteiger partial charge is 0.224 e. The molecule has 1 aliphatic rings. The van der Waals surface area contributed by atoms with Crippen LogP contribution in [0.4, 0.5) is 4.39 Å². The van der Waals surface area contributed by atoms with Gasteiger partial charge in [-0.2, -0.15) is 0 Å². The lowest BCUT2D eigenvalue weighted by Gasteiger charge is -2.16. The Morgan fingerprint density at radius 1 is 1.50 bits per heavy atom. The van der Waals surface area contributed by atoms with Crippen molar-refractivity contribution < 1.29 is 9.18 Å². The number of terminal acetylenes is 1. The minimum absolute atomic E-state index is 0.00574. The number of halogens is 1. The van der Waals surface area contributed by atoms with E-state index in [-0.39, 0.29) is 17.6 Å². The molecule has 1 saturated heterocycles. The molecule has 1 aromatic rings. The monoisotopic (exact) mass is 217 g/mol. The molecule has 1 aliphatic heterocycles. The molecule has 0 radical (unpaired) electrons. The lowest BCUT2D eigenvalue weighted by atomic mass is 10.1. The van der Waals surface area contributed by atoms with E-state index in [0.29, 0.717) is 25.1 Å².